The summed E-state index contributed by atoms with van der Waals surface area (Å²) in [7, 11) is 0. The van der Waals surface area contributed by atoms with E-state index >= 15 is 0 Å². The molecule has 0 aliphatic carbocycles. The average Bonchev–Trinajstić information content (AvgIpc) is 2.04. The third-order valence-electron chi connectivity index (χ3n) is 1.32. The first-order valence-electron chi connectivity index (χ1n) is 3.09. The van der Waals surface area contributed by atoms with Gasteiger partial charge in [-0.25, -0.2) is 8.78 Å². The van der Waals surface area contributed by atoms with Crippen LogP contribution in [0.2, 0.25) is 0 Å². The van der Waals surface area contributed by atoms with Crippen molar-refractivity contribution in [2.75, 3.05) is 0 Å². The van der Waals surface area contributed by atoms with Crippen molar-refractivity contribution in [1.82, 2.24) is 0 Å². The van der Waals surface area contributed by atoms with Crippen LogP contribution in [0.5, 0.6) is 0 Å². The van der Waals surface area contributed by atoms with E-state index < -0.39 is 28.0 Å². The molecule has 0 aliphatic heterocycles. The molecular weight excluding hydrogens is 225 g/mol. The van der Waals surface area contributed by atoms with E-state index in [0.717, 1.165) is 12.1 Å². The first-order valence-corrected chi connectivity index (χ1v) is 4.23. The second-order valence-electron chi connectivity index (χ2n) is 2.10. The van der Waals surface area contributed by atoms with Gasteiger partial charge in [0, 0.05) is 5.56 Å². The molecular formula is C7H5F2KO2S. The van der Waals surface area contributed by atoms with Crippen LogP contribution in [0.1, 0.15) is 11.1 Å². The van der Waals surface area contributed by atoms with Gasteiger partial charge in [-0.15, -0.1) is 0 Å². The van der Waals surface area contributed by atoms with Crippen LogP contribution < -0.4 is 51.4 Å². The normalized spacial score (nSPS) is 14.4. The number of hydrogen-bond acceptors (Lipinski definition) is 2. The quantitative estimate of drug-likeness (QED) is 0.467. The molecule has 1 aromatic carbocycles. The third-order valence-corrected chi connectivity index (χ3v) is 1.91. The topological polar surface area (TPSA) is 40.1 Å². The maximum atomic E-state index is 12.7. The minimum atomic E-state index is -2.93. The van der Waals surface area contributed by atoms with Crippen LogP contribution in [0.4, 0.5) is 8.78 Å². The molecule has 0 aromatic heterocycles. The van der Waals surface area contributed by atoms with Crippen LogP contribution >= 0.6 is 0 Å². The number of hydrogen-bond donors (Lipinski definition) is 0. The maximum absolute atomic E-state index is 12.7. The van der Waals surface area contributed by atoms with Gasteiger partial charge in [0.1, 0.15) is 5.82 Å². The van der Waals surface area contributed by atoms with Crippen LogP contribution in [-0.2, 0) is 11.1 Å². The fraction of sp³-hybridized carbons (Fsp3) is 0.143. The van der Waals surface area contributed by atoms with Crippen molar-refractivity contribution in [3.63, 3.8) is 0 Å². The van der Waals surface area contributed by atoms with Gasteiger partial charge >= 0.3 is 51.4 Å². The van der Waals surface area contributed by atoms with Crippen LogP contribution in [-0.4, -0.2) is 8.76 Å². The molecule has 2 atom stereocenters. The molecule has 0 saturated heterocycles. The Morgan fingerprint density at radius 3 is 2.38 bits per heavy atom. The smallest absolute Gasteiger partial charge is 0.770 e. The summed E-state index contributed by atoms with van der Waals surface area (Å²) in [4.78, 5) is 0. The Balaban J connectivity index is 0.00000144. The summed E-state index contributed by atoms with van der Waals surface area (Å²) in [6.45, 7) is 0. The van der Waals surface area contributed by atoms with Crippen molar-refractivity contribution in [1.29, 1.82) is 0 Å². The van der Waals surface area contributed by atoms with E-state index in [1.165, 1.54) is 12.1 Å². The van der Waals surface area contributed by atoms with Crippen molar-refractivity contribution in [3.8, 4) is 0 Å². The van der Waals surface area contributed by atoms with E-state index in [4.69, 9.17) is 0 Å². The van der Waals surface area contributed by atoms with Crippen molar-refractivity contribution in [2.45, 2.75) is 5.50 Å². The Labute approximate surface area is 119 Å². The van der Waals surface area contributed by atoms with Crippen molar-refractivity contribution < 1.29 is 68.9 Å². The number of halogens is 2. The van der Waals surface area contributed by atoms with E-state index in [2.05, 4.69) is 0 Å². The fourth-order valence-electron chi connectivity index (χ4n) is 0.763. The zero-order valence-electron chi connectivity index (χ0n) is 6.87. The molecule has 2 nitrogen and oxygen atoms in total. The van der Waals surface area contributed by atoms with Crippen LogP contribution in [0.15, 0.2) is 24.3 Å². The monoisotopic (exact) mass is 230 g/mol. The van der Waals surface area contributed by atoms with Gasteiger partial charge in [0.15, 0.2) is 5.50 Å². The van der Waals surface area contributed by atoms with Gasteiger partial charge in [-0.3, -0.25) is 4.21 Å². The van der Waals surface area contributed by atoms with Crippen molar-refractivity contribution >= 4 is 11.1 Å². The minimum Gasteiger partial charge on any atom is -0.770 e. The maximum Gasteiger partial charge on any atom is 1.00 e. The van der Waals surface area contributed by atoms with Crippen molar-refractivity contribution in [2.24, 2.45) is 0 Å². The summed E-state index contributed by atoms with van der Waals surface area (Å²) >= 11 is -2.93. The third kappa shape index (κ3) is 3.82. The first kappa shape index (κ1) is 13.8. The molecule has 0 N–H and O–H groups in total. The molecule has 0 amide bonds. The van der Waals surface area contributed by atoms with E-state index in [1.807, 2.05) is 0 Å². The zero-order chi connectivity index (χ0) is 9.14. The summed E-state index contributed by atoms with van der Waals surface area (Å²) < 4.78 is 45.6. The Bertz CT molecular complexity index is 308. The van der Waals surface area contributed by atoms with Crippen LogP contribution in [0.3, 0.4) is 0 Å². The first-order chi connectivity index (χ1) is 5.63. The summed E-state index contributed by atoms with van der Waals surface area (Å²) in [6, 6.07) is 4.84. The van der Waals surface area contributed by atoms with Gasteiger partial charge in [0.2, 0.25) is 0 Å². The van der Waals surface area contributed by atoms with E-state index in [1.54, 1.807) is 0 Å². The SMILES string of the molecule is O=S([O-])C(F)c1ccccc1F.[K+]. The fourth-order valence-corrected chi connectivity index (χ4v) is 1.16. The zero-order valence-corrected chi connectivity index (χ0v) is 10.8. The molecule has 66 valence electrons. The second kappa shape index (κ2) is 6.34. The molecule has 1 aromatic rings. The van der Waals surface area contributed by atoms with Crippen molar-refractivity contribution in [3.05, 3.63) is 35.6 Å². The van der Waals surface area contributed by atoms with Gasteiger partial charge in [-0.1, -0.05) is 18.2 Å². The summed E-state index contributed by atoms with van der Waals surface area (Å²) in [6.07, 6.45) is 0. The predicted octanol–water partition coefficient (Wildman–Crippen LogP) is -1.32. The summed E-state index contributed by atoms with van der Waals surface area (Å²) in [5.41, 5.74) is -2.74. The van der Waals surface area contributed by atoms with Crippen LogP contribution in [0.25, 0.3) is 0 Å². The largest absolute Gasteiger partial charge is 1.00 e. The number of benzene rings is 1. The number of rotatable bonds is 2. The van der Waals surface area contributed by atoms with E-state index in [-0.39, 0.29) is 51.4 Å². The molecule has 6 heteroatoms. The van der Waals surface area contributed by atoms with Gasteiger partial charge in [0.25, 0.3) is 0 Å². The molecule has 0 fully saturated rings. The van der Waals surface area contributed by atoms with Gasteiger partial charge < -0.3 is 4.55 Å². The molecule has 0 spiro atoms. The second-order valence-corrected chi connectivity index (χ2v) is 3.03. The number of alkyl halides is 1. The molecule has 0 heterocycles. The van der Waals surface area contributed by atoms with Gasteiger partial charge in [-0.2, -0.15) is 0 Å². The average molecular weight is 230 g/mol. The molecule has 0 saturated carbocycles. The Morgan fingerprint density at radius 1 is 1.38 bits per heavy atom. The van der Waals surface area contributed by atoms with Gasteiger partial charge in [0.05, 0.1) is 0 Å². The molecule has 2 unspecified atom stereocenters. The Kier molecular flexibility index (Phi) is 6.74. The molecule has 1 rings (SSSR count). The summed E-state index contributed by atoms with van der Waals surface area (Å²) in [5.74, 6) is -0.853. The predicted molar refractivity (Wildman–Crippen MR) is 39.2 cm³/mol. The molecule has 0 bridgehead atoms. The minimum absolute atomic E-state index is 0. The Hall–Kier alpha value is 0.826. The van der Waals surface area contributed by atoms with Gasteiger partial charge in [-0.05, 0) is 17.1 Å². The molecule has 0 radical (unpaired) electrons. The molecule has 13 heavy (non-hydrogen) atoms. The van der Waals surface area contributed by atoms with Crippen LogP contribution in [0, 0.1) is 5.82 Å². The molecule has 0 aliphatic rings. The standard InChI is InChI=1S/C7H6F2O2S.K/c8-6-4-2-1-3-5(6)7(9)12(10)11;/h1-4,7H,(H,10,11);/q;+1/p-1. The summed E-state index contributed by atoms with van der Waals surface area (Å²) in [5, 5.41) is 0. The van der Waals surface area contributed by atoms with E-state index in [0.29, 0.717) is 0 Å². The Morgan fingerprint density at radius 2 is 1.92 bits per heavy atom. The van der Waals surface area contributed by atoms with E-state index in [9.17, 15) is 17.5 Å².